The van der Waals surface area contributed by atoms with Crippen LogP contribution in [0.4, 0.5) is 0 Å². The molecule has 2 aliphatic rings. The molecule has 3 nitrogen and oxygen atoms in total. The lowest BCUT2D eigenvalue weighted by Gasteiger charge is -2.19. The van der Waals surface area contributed by atoms with E-state index in [2.05, 4.69) is 25.1 Å². The molecule has 1 aromatic rings. The molecule has 0 bridgehead atoms. The van der Waals surface area contributed by atoms with Crippen molar-refractivity contribution in [3.63, 3.8) is 0 Å². The van der Waals surface area contributed by atoms with Gasteiger partial charge in [-0.2, -0.15) is 0 Å². The molecule has 0 spiro atoms. The van der Waals surface area contributed by atoms with E-state index >= 15 is 0 Å². The monoisotopic (exact) mass is 374 g/mol. The average Bonchev–Trinajstić information content (AvgIpc) is 3.28. The maximum atomic E-state index is 9.39. The molecule has 0 amide bonds. The van der Waals surface area contributed by atoms with Gasteiger partial charge in [-0.3, -0.25) is 0 Å². The smallest absolute Gasteiger partial charge is 0.128 e. The number of benzene rings is 1. The van der Waals surface area contributed by atoms with Gasteiger partial charge in [0.2, 0.25) is 0 Å². The van der Waals surface area contributed by atoms with E-state index in [0.29, 0.717) is 5.92 Å². The quantitative estimate of drug-likeness (QED) is 0.325. The molecule has 27 heavy (non-hydrogen) atoms. The molecule has 0 aromatic heterocycles. The van der Waals surface area contributed by atoms with Crippen LogP contribution in [0.15, 0.2) is 18.2 Å². The van der Waals surface area contributed by atoms with Crippen molar-refractivity contribution < 1.29 is 14.6 Å². The average molecular weight is 375 g/mol. The van der Waals surface area contributed by atoms with E-state index in [0.717, 1.165) is 24.3 Å². The lowest BCUT2D eigenvalue weighted by atomic mass is 9.93. The molecule has 3 rings (SSSR count). The van der Waals surface area contributed by atoms with Crippen molar-refractivity contribution in [2.45, 2.75) is 102 Å². The van der Waals surface area contributed by atoms with E-state index < -0.39 is 0 Å². The summed E-state index contributed by atoms with van der Waals surface area (Å²) < 4.78 is 12.0. The van der Waals surface area contributed by atoms with Crippen LogP contribution >= 0.6 is 0 Å². The Morgan fingerprint density at radius 2 is 1.63 bits per heavy atom. The van der Waals surface area contributed by atoms with Gasteiger partial charge in [0.15, 0.2) is 0 Å². The van der Waals surface area contributed by atoms with E-state index in [1.54, 1.807) is 0 Å². The maximum absolute atomic E-state index is 9.39. The first-order valence-electron chi connectivity index (χ1n) is 11.4. The van der Waals surface area contributed by atoms with E-state index in [-0.39, 0.29) is 18.8 Å². The van der Waals surface area contributed by atoms with Gasteiger partial charge in [0, 0.05) is 5.56 Å². The first-order chi connectivity index (χ1) is 13.3. The molecule has 1 heterocycles. The van der Waals surface area contributed by atoms with Gasteiger partial charge >= 0.3 is 0 Å². The Morgan fingerprint density at radius 1 is 0.963 bits per heavy atom. The summed E-state index contributed by atoms with van der Waals surface area (Å²) in [6, 6.07) is 6.52. The first-order valence-corrected chi connectivity index (χ1v) is 11.4. The van der Waals surface area contributed by atoms with Gasteiger partial charge in [-0.25, -0.2) is 0 Å². The van der Waals surface area contributed by atoms with Crippen LogP contribution in [-0.4, -0.2) is 24.4 Å². The van der Waals surface area contributed by atoms with E-state index in [4.69, 9.17) is 9.47 Å². The maximum Gasteiger partial charge on any atom is 0.128 e. The minimum Gasteiger partial charge on any atom is -0.493 e. The zero-order chi connectivity index (χ0) is 18.9. The molecule has 152 valence electrons. The van der Waals surface area contributed by atoms with Crippen LogP contribution in [0.3, 0.4) is 0 Å². The topological polar surface area (TPSA) is 42.0 Å². The second-order valence-electron chi connectivity index (χ2n) is 8.35. The lowest BCUT2D eigenvalue weighted by Crippen LogP contribution is -2.06. The highest BCUT2D eigenvalue weighted by atomic mass is 16.6. The van der Waals surface area contributed by atoms with Crippen molar-refractivity contribution in [3.05, 3.63) is 29.3 Å². The van der Waals surface area contributed by atoms with Crippen molar-refractivity contribution >= 4 is 0 Å². The highest BCUT2D eigenvalue weighted by Gasteiger charge is 2.42. The number of ether oxygens (including phenoxy) is 2. The molecule has 1 aliphatic carbocycles. The number of hydrogen-bond acceptors (Lipinski definition) is 3. The summed E-state index contributed by atoms with van der Waals surface area (Å²) in [7, 11) is 0. The minimum absolute atomic E-state index is 0.0184. The largest absolute Gasteiger partial charge is 0.493 e. The van der Waals surface area contributed by atoms with E-state index in [1.165, 1.54) is 76.2 Å². The Morgan fingerprint density at radius 3 is 2.30 bits per heavy atom. The van der Waals surface area contributed by atoms with Gasteiger partial charge in [0.1, 0.15) is 18.0 Å². The Labute approximate surface area is 165 Å². The highest BCUT2D eigenvalue weighted by Crippen LogP contribution is 2.47. The van der Waals surface area contributed by atoms with Gasteiger partial charge in [-0.05, 0) is 30.7 Å². The molecule has 2 atom stereocenters. The molecule has 1 saturated heterocycles. The second kappa shape index (κ2) is 11.1. The molecule has 1 N–H and O–H groups in total. The third kappa shape index (κ3) is 5.96. The van der Waals surface area contributed by atoms with Crippen LogP contribution in [0.2, 0.25) is 0 Å². The molecule has 1 saturated carbocycles. The van der Waals surface area contributed by atoms with Crippen LogP contribution in [0, 0.1) is 0 Å². The molecule has 2 unspecified atom stereocenters. The summed E-state index contributed by atoms with van der Waals surface area (Å²) in [5, 5.41) is 9.39. The zero-order valence-electron chi connectivity index (χ0n) is 17.1. The molecular weight excluding hydrogens is 336 g/mol. The SMILES string of the molecule is CCCCCCCCCCOc1c(C2CCCC2)cccc1C1OC1CO. The Hall–Kier alpha value is -1.06. The fraction of sp³-hybridized carbons (Fsp3) is 0.750. The molecule has 3 heteroatoms. The van der Waals surface area contributed by atoms with Crippen LogP contribution in [0.25, 0.3) is 0 Å². The Kier molecular flexibility index (Phi) is 8.47. The summed E-state index contributed by atoms with van der Waals surface area (Å²) in [4.78, 5) is 0. The van der Waals surface area contributed by atoms with E-state index in [1.807, 2.05) is 0 Å². The summed E-state index contributed by atoms with van der Waals surface area (Å²) in [5.74, 6) is 1.69. The van der Waals surface area contributed by atoms with E-state index in [9.17, 15) is 5.11 Å². The highest BCUT2D eigenvalue weighted by molar-refractivity contribution is 5.46. The number of unbranched alkanes of at least 4 members (excludes halogenated alkanes) is 7. The predicted octanol–water partition coefficient (Wildman–Crippen LogP) is 6.30. The second-order valence-corrected chi connectivity index (χ2v) is 8.35. The number of rotatable bonds is 13. The summed E-state index contributed by atoms with van der Waals surface area (Å²) in [6.45, 7) is 3.16. The number of aliphatic hydroxyl groups excluding tert-OH is 1. The van der Waals surface area contributed by atoms with Gasteiger partial charge in [-0.15, -0.1) is 0 Å². The van der Waals surface area contributed by atoms with Crippen LogP contribution in [0.5, 0.6) is 5.75 Å². The van der Waals surface area contributed by atoms with Crippen LogP contribution < -0.4 is 4.74 Å². The number of epoxide rings is 1. The molecule has 1 aliphatic heterocycles. The number of aliphatic hydroxyl groups is 1. The lowest BCUT2D eigenvalue weighted by molar-refractivity contribution is 0.241. The predicted molar refractivity (Wildman–Crippen MR) is 110 cm³/mol. The zero-order valence-corrected chi connectivity index (χ0v) is 17.1. The molecule has 0 radical (unpaired) electrons. The third-order valence-electron chi connectivity index (χ3n) is 6.18. The van der Waals surface area contributed by atoms with Crippen molar-refractivity contribution in [1.29, 1.82) is 0 Å². The first kappa shape index (κ1) is 20.7. The fourth-order valence-electron chi connectivity index (χ4n) is 4.49. The third-order valence-corrected chi connectivity index (χ3v) is 6.18. The number of hydrogen-bond donors (Lipinski definition) is 1. The Bertz CT molecular complexity index is 551. The van der Waals surface area contributed by atoms with Crippen LogP contribution in [0.1, 0.15) is 107 Å². The summed E-state index contributed by atoms with van der Waals surface area (Å²) in [6.07, 6.45) is 15.7. The normalized spacial score (nSPS) is 22.3. The van der Waals surface area contributed by atoms with Crippen molar-refractivity contribution in [3.8, 4) is 5.75 Å². The molecule has 2 fully saturated rings. The van der Waals surface area contributed by atoms with Crippen molar-refractivity contribution in [2.24, 2.45) is 0 Å². The molecular formula is C24H38O3. The number of para-hydroxylation sites is 1. The summed E-state index contributed by atoms with van der Waals surface area (Å²) >= 11 is 0. The fourth-order valence-corrected chi connectivity index (χ4v) is 4.49. The van der Waals surface area contributed by atoms with Crippen molar-refractivity contribution in [2.75, 3.05) is 13.2 Å². The summed E-state index contributed by atoms with van der Waals surface area (Å²) in [5.41, 5.74) is 2.52. The standard InChI is InChI=1S/C24H38O3/c1-2-3-4-5-6-7-8-11-17-26-23-20(19-13-9-10-14-19)15-12-16-21(23)24-22(18-25)27-24/h12,15-16,19,22,24-25H,2-11,13-14,17-18H2,1H3. The van der Waals surface area contributed by atoms with Gasteiger partial charge in [-0.1, -0.05) is 82.9 Å². The Balaban J connectivity index is 1.51. The minimum atomic E-state index is -0.0469. The van der Waals surface area contributed by atoms with Crippen molar-refractivity contribution in [1.82, 2.24) is 0 Å². The van der Waals surface area contributed by atoms with Gasteiger partial charge in [0.05, 0.1) is 13.2 Å². The van der Waals surface area contributed by atoms with Crippen LogP contribution in [-0.2, 0) is 4.74 Å². The van der Waals surface area contributed by atoms with Gasteiger partial charge in [0.25, 0.3) is 0 Å². The molecule has 1 aromatic carbocycles. The van der Waals surface area contributed by atoms with Gasteiger partial charge < -0.3 is 14.6 Å².